The average Bonchev–Trinajstić information content (AvgIpc) is 2.26. The van der Waals surface area contributed by atoms with E-state index in [-0.39, 0.29) is 6.54 Å². The quantitative estimate of drug-likeness (QED) is 0.447. The lowest BCUT2D eigenvalue weighted by molar-refractivity contribution is 0.0825. The Morgan fingerprint density at radius 1 is 1.43 bits per heavy atom. The van der Waals surface area contributed by atoms with Gasteiger partial charge in [0.1, 0.15) is 12.3 Å². The van der Waals surface area contributed by atoms with Gasteiger partial charge >= 0.3 is 0 Å². The fourth-order valence-corrected chi connectivity index (χ4v) is 1.07. The Bertz CT molecular complexity index is 324. The maximum atomic E-state index is 13.2. The Morgan fingerprint density at radius 2 is 2.07 bits per heavy atom. The van der Waals surface area contributed by atoms with Crippen LogP contribution in [0.3, 0.4) is 0 Å². The molecule has 1 N–H and O–H groups in total. The molecule has 0 fully saturated rings. The summed E-state index contributed by atoms with van der Waals surface area (Å²) in [7, 11) is 0. The highest BCUT2D eigenvalue weighted by atomic mass is 19.1. The summed E-state index contributed by atoms with van der Waals surface area (Å²) in [4.78, 5) is 2.43. The molecule has 0 spiro atoms. The minimum absolute atomic E-state index is 0.355. The van der Waals surface area contributed by atoms with Gasteiger partial charge in [0.05, 0.1) is 6.54 Å². The molecule has 0 saturated heterocycles. The van der Waals surface area contributed by atoms with E-state index in [1.165, 1.54) is 0 Å². The zero-order valence-corrected chi connectivity index (χ0v) is 7.42. The third-order valence-corrected chi connectivity index (χ3v) is 1.80. The first-order valence-electron chi connectivity index (χ1n) is 4.13. The fourth-order valence-electron chi connectivity index (χ4n) is 1.07. The summed E-state index contributed by atoms with van der Waals surface area (Å²) in [5.74, 6) is 0. The van der Waals surface area contributed by atoms with E-state index in [4.69, 9.17) is 5.53 Å². The molecule has 74 valence electrons. The molecule has 0 aliphatic rings. The number of halogens is 1. The summed E-state index contributed by atoms with van der Waals surface area (Å²) in [6.07, 6.45) is -2.80. The standard InChI is InChI=1S/C9H10FN3O/c10-8(6-12-13-11)9(14)7-4-2-1-3-5-7/h1-5,8-9,14H,6H2/t8-,9+/m1/s1. The van der Waals surface area contributed by atoms with Gasteiger partial charge < -0.3 is 5.11 Å². The van der Waals surface area contributed by atoms with Gasteiger partial charge in [0, 0.05) is 4.91 Å². The van der Waals surface area contributed by atoms with Crippen LogP contribution in [0.1, 0.15) is 11.7 Å². The minimum Gasteiger partial charge on any atom is -0.385 e. The molecule has 1 aromatic rings. The van der Waals surface area contributed by atoms with E-state index < -0.39 is 12.3 Å². The van der Waals surface area contributed by atoms with Crippen molar-refractivity contribution in [1.29, 1.82) is 0 Å². The third-order valence-electron chi connectivity index (χ3n) is 1.80. The lowest BCUT2D eigenvalue weighted by Gasteiger charge is -2.13. The van der Waals surface area contributed by atoms with Crippen LogP contribution in [0.2, 0.25) is 0 Å². The summed E-state index contributed by atoms with van der Waals surface area (Å²) >= 11 is 0. The number of aliphatic hydroxyl groups excluding tert-OH is 1. The lowest BCUT2D eigenvalue weighted by Crippen LogP contribution is -2.16. The number of alkyl halides is 1. The Kier molecular flexibility index (Phi) is 3.91. The van der Waals surface area contributed by atoms with E-state index >= 15 is 0 Å². The van der Waals surface area contributed by atoms with Crippen LogP contribution >= 0.6 is 0 Å². The molecule has 0 aliphatic heterocycles. The summed E-state index contributed by atoms with van der Waals surface area (Å²) in [5, 5.41) is 12.5. The van der Waals surface area contributed by atoms with Gasteiger partial charge in [-0.2, -0.15) is 0 Å². The molecule has 1 rings (SSSR count). The van der Waals surface area contributed by atoms with Crippen molar-refractivity contribution in [2.24, 2.45) is 5.11 Å². The highest BCUT2D eigenvalue weighted by molar-refractivity contribution is 5.18. The maximum absolute atomic E-state index is 13.2. The number of azide groups is 1. The van der Waals surface area contributed by atoms with Gasteiger partial charge in [0.2, 0.25) is 0 Å². The number of rotatable bonds is 4. The van der Waals surface area contributed by atoms with Gasteiger partial charge in [-0.25, -0.2) is 4.39 Å². The number of hydrogen-bond acceptors (Lipinski definition) is 2. The first-order valence-corrected chi connectivity index (χ1v) is 4.13. The molecule has 1 aromatic carbocycles. The van der Waals surface area contributed by atoms with E-state index in [1.807, 2.05) is 0 Å². The van der Waals surface area contributed by atoms with Crippen molar-refractivity contribution in [3.05, 3.63) is 46.3 Å². The van der Waals surface area contributed by atoms with Crippen LogP contribution in [0, 0.1) is 0 Å². The number of benzene rings is 1. The second kappa shape index (κ2) is 5.21. The monoisotopic (exact) mass is 195 g/mol. The van der Waals surface area contributed by atoms with Crippen LogP contribution in [0.15, 0.2) is 35.4 Å². The molecule has 4 nitrogen and oxygen atoms in total. The molecular formula is C9H10FN3O. The molecule has 0 radical (unpaired) electrons. The zero-order chi connectivity index (χ0) is 10.4. The third kappa shape index (κ3) is 2.73. The van der Waals surface area contributed by atoms with Crippen LogP contribution in [-0.4, -0.2) is 17.8 Å². The van der Waals surface area contributed by atoms with Gasteiger partial charge in [-0.05, 0) is 11.1 Å². The summed E-state index contributed by atoms with van der Waals surface area (Å²) < 4.78 is 13.2. The maximum Gasteiger partial charge on any atom is 0.136 e. The fraction of sp³-hybridized carbons (Fsp3) is 0.333. The van der Waals surface area contributed by atoms with Crippen LogP contribution in [0.5, 0.6) is 0 Å². The number of nitrogens with zero attached hydrogens (tertiary/aromatic N) is 3. The molecule has 5 heteroatoms. The molecule has 0 unspecified atom stereocenters. The van der Waals surface area contributed by atoms with Crippen molar-refractivity contribution in [2.75, 3.05) is 6.54 Å². The Hall–Kier alpha value is -1.58. The highest BCUT2D eigenvalue weighted by Gasteiger charge is 2.18. The van der Waals surface area contributed by atoms with Crippen LogP contribution in [0.25, 0.3) is 10.4 Å². The molecule has 0 heterocycles. The van der Waals surface area contributed by atoms with E-state index in [0.717, 1.165) is 0 Å². The minimum atomic E-state index is -1.56. The molecule has 0 amide bonds. The molecule has 2 atom stereocenters. The van der Waals surface area contributed by atoms with Gasteiger partial charge in [0.15, 0.2) is 0 Å². The topological polar surface area (TPSA) is 69.0 Å². The smallest absolute Gasteiger partial charge is 0.136 e. The van der Waals surface area contributed by atoms with Crippen LogP contribution in [0.4, 0.5) is 4.39 Å². The van der Waals surface area contributed by atoms with Crippen molar-refractivity contribution in [1.82, 2.24) is 0 Å². The van der Waals surface area contributed by atoms with Crippen molar-refractivity contribution < 1.29 is 9.50 Å². The van der Waals surface area contributed by atoms with E-state index in [2.05, 4.69) is 10.0 Å². The van der Waals surface area contributed by atoms with Gasteiger partial charge in [-0.1, -0.05) is 35.4 Å². The van der Waals surface area contributed by atoms with Gasteiger partial charge in [-0.15, -0.1) is 0 Å². The largest absolute Gasteiger partial charge is 0.385 e. The molecule has 0 bridgehead atoms. The first kappa shape index (κ1) is 10.5. The Morgan fingerprint density at radius 3 is 2.64 bits per heavy atom. The van der Waals surface area contributed by atoms with Crippen molar-refractivity contribution in [2.45, 2.75) is 12.3 Å². The van der Waals surface area contributed by atoms with Gasteiger partial charge in [0.25, 0.3) is 0 Å². The average molecular weight is 195 g/mol. The molecular weight excluding hydrogens is 185 g/mol. The number of hydrogen-bond donors (Lipinski definition) is 1. The first-order chi connectivity index (χ1) is 6.75. The second-order valence-corrected chi connectivity index (χ2v) is 2.78. The van der Waals surface area contributed by atoms with Crippen LogP contribution in [-0.2, 0) is 0 Å². The number of aliphatic hydroxyl groups is 1. The van der Waals surface area contributed by atoms with Crippen molar-refractivity contribution >= 4 is 0 Å². The molecule has 14 heavy (non-hydrogen) atoms. The van der Waals surface area contributed by atoms with Gasteiger partial charge in [-0.3, -0.25) is 0 Å². The predicted octanol–water partition coefficient (Wildman–Crippen LogP) is 2.37. The van der Waals surface area contributed by atoms with Crippen molar-refractivity contribution in [3.63, 3.8) is 0 Å². The lowest BCUT2D eigenvalue weighted by atomic mass is 10.1. The summed E-state index contributed by atoms with van der Waals surface area (Å²) in [5.41, 5.74) is 8.46. The SMILES string of the molecule is [N-]=[N+]=NC[C@@H](F)[C@@H](O)c1ccccc1. The second-order valence-electron chi connectivity index (χ2n) is 2.78. The highest BCUT2D eigenvalue weighted by Crippen LogP contribution is 2.18. The Balaban J connectivity index is 2.65. The van der Waals surface area contributed by atoms with Crippen molar-refractivity contribution in [3.8, 4) is 0 Å². The summed E-state index contributed by atoms with van der Waals surface area (Å²) in [6.45, 7) is -0.355. The molecule has 0 aromatic heterocycles. The summed E-state index contributed by atoms with van der Waals surface area (Å²) in [6, 6.07) is 8.43. The van der Waals surface area contributed by atoms with E-state index in [0.29, 0.717) is 5.56 Å². The Labute approximate surface area is 80.6 Å². The molecule has 0 saturated carbocycles. The normalized spacial score (nSPS) is 14.1. The predicted molar refractivity (Wildman–Crippen MR) is 50.3 cm³/mol. The molecule has 0 aliphatic carbocycles. The van der Waals surface area contributed by atoms with E-state index in [1.54, 1.807) is 30.3 Å². The van der Waals surface area contributed by atoms with E-state index in [9.17, 15) is 9.50 Å². The van der Waals surface area contributed by atoms with Crippen LogP contribution < -0.4 is 0 Å². The zero-order valence-electron chi connectivity index (χ0n) is 7.42.